The van der Waals surface area contributed by atoms with Crippen molar-refractivity contribution in [3.8, 4) is 17.6 Å². The van der Waals surface area contributed by atoms with Gasteiger partial charge in [-0.3, -0.25) is 4.90 Å². The van der Waals surface area contributed by atoms with Crippen molar-refractivity contribution in [2.24, 2.45) is 5.92 Å². The number of aliphatic hydroxyl groups excluding tert-OH is 1. The molecule has 0 bridgehead atoms. The van der Waals surface area contributed by atoms with Gasteiger partial charge in [0, 0.05) is 43.4 Å². The van der Waals surface area contributed by atoms with E-state index in [4.69, 9.17) is 4.74 Å². The first-order valence-corrected chi connectivity index (χ1v) is 13.9. The predicted molar refractivity (Wildman–Crippen MR) is 143 cm³/mol. The van der Waals surface area contributed by atoms with Crippen molar-refractivity contribution in [2.75, 3.05) is 26.7 Å². The van der Waals surface area contributed by atoms with E-state index in [2.05, 4.69) is 21.7 Å². The second kappa shape index (κ2) is 12.0. The highest BCUT2D eigenvalue weighted by molar-refractivity contribution is 7.89. The molecule has 1 N–H and O–H groups in total. The molecule has 0 aliphatic carbocycles. The Balaban J connectivity index is 1.68. The summed E-state index contributed by atoms with van der Waals surface area (Å²) in [5.74, 6) is 5.78. The fraction of sp³-hybridized carbons (Fsp3) is 0.345. The average molecular weight is 538 g/mol. The smallest absolute Gasteiger partial charge is 0.247 e. The minimum Gasteiger partial charge on any atom is -0.487 e. The third-order valence-electron chi connectivity index (χ3n) is 6.52. The van der Waals surface area contributed by atoms with Gasteiger partial charge in [0.15, 0.2) is 0 Å². The quantitative estimate of drug-likeness (QED) is 0.485. The van der Waals surface area contributed by atoms with Crippen molar-refractivity contribution in [1.82, 2.24) is 14.2 Å². The van der Waals surface area contributed by atoms with Crippen molar-refractivity contribution in [1.29, 1.82) is 0 Å². The predicted octanol–water partition coefficient (Wildman–Crippen LogP) is 3.52. The maximum Gasteiger partial charge on any atom is 0.247 e. The first-order chi connectivity index (χ1) is 18.2. The highest BCUT2D eigenvalue weighted by Crippen LogP contribution is 2.34. The van der Waals surface area contributed by atoms with Gasteiger partial charge in [0.05, 0.1) is 6.61 Å². The van der Waals surface area contributed by atoms with Gasteiger partial charge < -0.3 is 9.84 Å². The summed E-state index contributed by atoms with van der Waals surface area (Å²) >= 11 is 0. The van der Waals surface area contributed by atoms with E-state index < -0.39 is 16.1 Å². The van der Waals surface area contributed by atoms with Crippen molar-refractivity contribution in [3.05, 3.63) is 89.5 Å². The number of benzene rings is 2. The van der Waals surface area contributed by atoms with Gasteiger partial charge in [0.1, 0.15) is 28.3 Å². The largest absolute Gasteiger partial charge is 0.487 e. The van der Waals surface area contributed by atoms with Crippen LogP contribution in [0, 0.1) is 23.6 Å². The first kappa shape index (κ1) is 27.7. The molecule has 7 nitrogen and oxygen atoms in total. The van der Waals surface area contributed by atoms with Gasteiger partial charge >= 0.3 is 0 Å². The molecular weight excluding hydrogens is 505 g/mol. The molecule has 0 saturated carbocycles. The molecule has 1 aliphatic rings. The number of fused-ring (bicyclic) bond motifs is 1. The van der Waals surface area contributed by atoms with Crippen LogP contribution in [0.4, 0.5) is 4.39 Å². The Morgan fingerprint density at radius 2 is 1.95 bits per heavy atom. The Morgan fingerprint density at radius 3 is 2.63 bits per heavy atom. The van der Waals surface area contributed by atoms with Crippen LogP contribution < -0.4 is 4.74 Å². The van der Waals surface area contributed by atoms with Gasteiger partial charge in [-0.15, -0.1) is 0 Å². The van der Waals surface area contributed by atoms with Gasteiger partial charge in [-0.1, -0.05) is 31.0 Å². The van der Waals surface area contributed by atoms with E-state index in [9.17, 15) is 17.9 Å². The third-order valence-corrected chi connectivity index (χ3v) is 8.54. The Morgan fingerprint density at radius 1 is 1.18 bits per heavy atom. The topological polar surface area (TPSA) is 83.0 Å². The van der Waals surface area contributed by atoms with E-state index in [1.165, 1.54) is 22.5 Å². The van der Waals surface area contributed by atoms with Crippen molar-refractivity contribution < 1.29 is 22.7 Å². The number of nitrogens with zero attached hydrogens (tertiary/aromatic N) is 3. The molecule has 0 spiro atoms. The summed E-state index contributed by atoms with van der Waals surface area (Å²) in [4.78, 5) is 6.31. The fourth-order valence-corrected chi connectivity index (χ4v) is 6.19. The first-order valence-electron chi connectivity index (χ1n) is 12.5. The molecule has 9 heteroatoms. The van der Waals surface area contributed by atoms with Crippen LogP contribution in [0.2, 0.25) is 0 Å². The van der Waals surface area contributed by atoms with Crippen LogP contribution in [-0.4, -0.2) is 66.6 Å². The molecule has 1 aromatic heterocycles. The van der Waals surface area contributed by atoms with Crippen LogP contribution in [0.15, 0.2) is 71.8 Å². The summed E-state index contributed by atoms with van der Waals surface area (Å²) in [6.45, 7) is 4.60. The lowest BCUT2D eigenvalue weighted by atomic mass is 10.0. The number of likely N-dealkylation sites (N-methyl/N-ethyl adjacent to an activating group) is 1. The summed E-state index contributed by atoms with van der Waals surface area (Å²) < 4.78 is 48.4. The summed E-state index contributed by atoms with van der Waals surface area (Å²) in [6, 6.07) is 16.0. The second-order valence-electron chi connectivity index (χ2n) is 9.69. The number of ether oxygens (including phenoxy) is 1. The molecule has 3 aromatic rings. The number of hydrogen-bond donors (Lipinski definition) is 1. The highest BCUT2D eigenvalue weighted by atomic mass is 32.2. The number of hydrogen-bond acceptors (Lipinski definition) is 6. The van der Waals surface area contributed by atoms with Crippen LogP contribution in [0.1, 0.15) is 30.7 Å². The fourth-order valence-electron chi connectivity index (χ4n) is 4.37. The van der Waals surface area contributed by atoms with E-state index >= 15 is 0 Å². The SMILES string of the molecule is C[C@H](CO)N1C[C@H](C)[C@@H](CN(C)Cc2ccc(F)cc2)Oc2cc(C#Cc3ccccn3)ccc2S1(=O)=O. The molecular formula is C29H32FN3O4S. The summed E-state index contributed by atoms with van der Waals surface area (Å²) in [6.07, 6.45) is 1.30. The zero-order chi connectivity index (χ0) is 27.3. The monoisotopic (exact) mass is 537 g/mol. The van der Waals surface area contributed by atoms with E-state index in [0.717, 1.165) is 5.56 Å². The van der Waals surface area contributed by atoms with Crippen molar-refractivity contribution >= 4 is 10.0 Å². The molecule has 0 unspecified atom stereocenters. The lowest BCUT2D eigenvalue weighted by Crippen LogP contribution is -2.49. The molecule has 0 radical (unpaired) electrons. The maximum absolute atomic E-state index is 13.7. The molecule has 38 heavy (non-hydrogen) atoms. The number of aliphatic hydroxyl groups is 1. The number of halogens is 1. The third kappa shape index (κ3) is 6.58. The number of aromatic nitrogens is 1. The van der Waals surface area contributed by atoms with Gasteiger partial charge in [-0.2, -0.15) is 4.31 Å². The van der Waals surface area contributed by atoms with Crippen LogP contribution in [0.5, 0.6) is 5.75 Å². The molecule has 200 valence electrons. The Bertz CT molecular complexity index is 1410. The standard InChI is InChI=1S/C29H32FN3O4S/c1-21-17-33(22(2)20-34)38(35,36)29-14-10-23(9-13-26-6-4-5-15-31-26)16-27(29)37-28(21)19-32(3)18-24-7-11-25(30)12-8-24/h4-8,10-12,14-16,21-22,28,34H,17-20H2,1-3H3/t21-,22+,28+/m0/s1. The molecule has 0 saturated heterocycles. The van der Waals surface area contributed by atoms with Crippen LogP contribution in [-0.2, 0) is 16.6 Å². The molecule has 3 atom stereocenters. The van der Waals surface area contributed by atoms with Crippen LogP contribution >= 0.6 is 0 Å². The molecule has 1 aliphatic heterocycles. The minimum absolute atomic E-state index is 0.0410. The summed E-state index contributed by atoms with van der Waals surface area (Å²) in [7, 11) is -1.99. The number of sulfonamides is 1. The lowest BCUT2D eigenvalue weighted by molar-refractivity contribution is 0.0733. The van der Waals surface area contributed by atoms with E-state index in [1.54, 1.807) is 43.5 Å². The average Bonchev–Trinajstić information content (AvgIpc) is 2.91. The molecule has 2 heterocycles. The maximum atomic E-state index is 13.7. The minimum atomic E-state index is -3.94. The lowest BCUT2D eigenvalue weighted by Gasteiger charge is -2.37. The number of pyridine rings is 1. The Kier molecular flexibility index (Phi) is 8.80. The molecule has 0 fully saturated rings. The van der Waals surface area contributed by atoms with E-state index in [-0.39, 0.29) is 41.6 Å². The van der Waals surface area contributed by atoms with Gasteiger partial charge in [-0.25, -0.2) is 17.8 Å². The molecule has 0 amide bonds. The van der Waals surface area contributed by atoms with Gasteiger partial charge in [-0.05, 0) is 67.9 Å². The van der Waals surface area contributed by atoms with E-state index in [1.807, 2.05) is 26.1 Å². The zero-order valence-electron chi connectivity index (χ0n) is 21.7. The second-order valence-corrected chi connectivity index (χ2v) is 11.5. The van der Waals surface area contributed by atoms with Crippen molar-refractivity contribution in [2.45, 2.75) is 37.4 Å². The Labute approximate surface area is 223 Å². The molecule has 2 aromatic carbocycles. The van der Waals surface area contributed by atoms with Crippen LogP contribution in [0.25, 0.3) is 0 Å². The van der Waals surface area contributed by atoms with Gasteiger partial charge in [0.2, 0.25) is 10.0 Å². The van der Waals surface area contributed by atoms with Gasteiger partial charge in [0.25, 0.3) is 0 Å². The van der Waals surface area contributed by atoms with E-state index in [0.29, 0.717) is 24.3 Å². The molecule has 4 rings (SSSR count). The zero-order valence-corrected chi connectivity index (χ0v) is 22.5. The summed E-state index contributed by atoms with van der Waals surface area (Å²) in [5.41, 5.74) is 2.15. The Hall–Kier alpha value is -3.29. The normalized spacial score (nSPS) is 19.8. The highest BCUT2D eigenvalue weighted by Gasteiger charge is 2.38. The summed E-state index contributed by atoms with van der Waals surface area (Å²) in [5, 5.41) is 9.84. The van der Waals surface area contributed by atoms with Crippen LogP contribution in [0.3, 0.4) is 0 Å². The van der Waals surface area contributed by atoms with Crippen molar-refractivity contribution in [3.63, 3.8) is 0 Å². The number of rotatable bonds is 6.